The number of nitrogens with one attached hydrogen (secondary N) is 1. The van der Waals surface area contributed by atoms with Crippen molar-refractivity contribution in [2.24, 2.45) is 11.8 Å². The monoisotopic (exact) mass is 297 g/mol. The Morgan fingerprint density at radius 1 is 1.29 bits per heavy atom. The fraction of sp³-hybridized carbons (Fsp3) is 0.941. The summed E-state index contributed by atoms with van der Waals surface area (Å²) >= 11 is 0. The van der Waals surface area contributed by atoms with Crippen molar-refractivity contribution in [3.05, 3.63) is 0 Å². The number of esters is 1. The molecule has 0 saturated heterocycles. The summed E-state index contributed by atoms with van der Waals surface area (Å²) in [6, 6.07) is 0.485. The van der Waals surface area contributed by atoms with Gasteiger partial charge >= 0.3 is 5.97 Å². The van der Waals surface area contributed by atoms with Crippen LogP contribution in [0.1, 0.15) is 65.2 Å². The number of hydrogen-bond acceptors (Lipinski definition) is 4. The molecule has 0 aromatic carbocycles. The highest BCUT2D eigenvalue weighted by molar-refractivity contribution is 5.72. The largest absolute Gasteiger partial charge is 0.466 e. The summed E-state index contributed by atoms with van der Waals surface area (Å²) in [5, 5.41) is 14.2. The minimum atomic E-state index is -0.643. The summed E-state index contributed by atoms with van der Waals surface area (Å²) in [5.41, 5.74) is -0.643. The Bertz CT molecular complexity index is 331. The second-order valence-electron chi connectivity index (χ2n) is 6.96. The van der Waals surface area contributed by atoms with E-state index in [1.165, 1.54) is 25.7 Å². The molecule has 4 nitrogen and oxygen atoms in total. The average Bonchev–Trinajstić information content (AvgIpc) is 3.00. The fourth-order valence-electron chi connectivity index (χ4n) is 3.80. The lowest BCUT2D eigenvalue weighted by atomic mass is 9.78. The van der Waals surface area contributed by atoms with E-state index in [1.54, 1.807) is 0 Å². The molecule has 0 amide bonds. The van der Waals surface area contributed by atoms with E-state index in [0.717, 1.165) is 18.8 Å². The van der Waals surface area contributed by atoms with Crippen molar-refractivity contribution >= 4 is 5.97 Å². The first kappa shape index (κ1) is 16.8. The normalized spacial score (nSPS) is 32.0. The smallest absolute Gasteiger partial charge is 0.308 e. The van der Waals surface area contributed by atoms with E-state index in [4.69, 9.17) is 4.74 Å². The molecule has 1 atom stereocenters. The molecule has 4 heteroatoms. The topological polar surface area (TPSA) is 58.6 Å². The highest BCUT2D eigenvalue weighted by atomic mass is 16.5. The van der Waals surface area contributed by atoms with Gasteiger partial charge in [0, 0.05) is 12.6 Å². The van der Waals surface area contributed by atoms with Gasteiger partial charge < -0.3 is 15.2 Å². The Morgan fingerprint density at radius 2 is 1.90 bits per heavy atom. The van der Waals surface area contributed by atoms with Crippen LogP contribution in [-0.2, 0) is 9.53 Å². The first-order chi connectivity index (χ1) is 10.0. The van der Waals surface area contributed by atoms with Crippen molar-refractivity contribution in [3.8, 4) is 0 Å². The lowest BCUT2D eigenvalue weighted by molar-refractivity contribution is -0.151. The summed E-state index contributed by atoms with van der Waals surface area (Å²) < 4.78 is 5.08. The number of ether oxygens (including phenoxy) is 1. The van der Waals surface area contributed by atoms with Crippen LogP contribution in [0.2, 0.25) is 0 Å². The highest BCUT2D eigenvalue weighted by Crippen LogP contribution is 2.33. The molecule has 2 fully saturated rings. The Hall–Kier alpha value is -0.610. The summed E-state index contributed by atoms with van der Waals surface area (Å²) in [6.07, 6.45) is 8.21. The van der Waals surface area contributed by atoms with Gasteiger partial charge in [0.1, 0.15) is 0 Å². The van der Waals surface area contributed by atoms with Crippen LogP contribution >= 0.6 is 0 Å². The van der Waals surface area contributed by atoms with Gasteiger partial charge in [0.15, 0.2) is 0 Å². The highest BCUT2D eigenvalue weighted by Gasteiger charge is 2.36. The molecule has 21 heavy (non-hydrogen) atoms. The predicted molar refractivity (Wildman–Crippen MR) is 83.0 cm³/mol. The van der Waals surface area contributed by atoms with Crippen LogP contribution in [0, 0.1) is 11.8 Å². The average molecular weight is 297 g/mol. The van der Waals surface area contributed by atoms with Gasteiger partial charge in [-0.2, -0.15) is 0 Å². The van der Waals surface area contributed by atoms with E-state index in [2.05, 4.69) is 12.2 Å². The molecule has 0 aromatic rings. The maximum Gasteiger partial charge on any atom is 0.308 e. The molecule has 2 saturated carbocycles. The lowest BCUT2D eigenvalue weighted by Crippen LogP contribution is -2.48. The van der Waals surface area contributed by atoms with E-state index < -0.39 is 5.60 Å². The third-order valence-electron chi connectivity index (χ3n) is 5.40. The molecule has 2 aliphatic rings. The molecule has 122 valence electrons. The Kier molecular flexibility index (Phi) is 6.06. The minimum Gasteiger partial charge on any atom is -0.466 e. The van der Waals surface area contributed by atoms with E-state index >= 15 is 0 Å². The second kappa shape index (κ2) is 7.59. The third-order valence-corrected chi connectivity index (χ3v) is 5.40. The first-order valence-corrected chi connectivity index (χ1v) is 8.66. The molecule has 0 aromatic heterocycles. The first-order valence-electron chi connectivity index (χ1n) is 8.66. The number of carbonyl (C=O) groups is 1. The van der Waals surface area contributed by atoms with Crippen LogP contribution < -0.4 is 5.32 Å². The Balaban J connectivity index is 1.72. The third kappa shape index (κ3) is 4.68. The zero-order valence-corrected chi connectivity index (χ0v) is 13.6. The number of carbonyl (C=O) groups excluding carboxylic acids is 1. The minimum absolute atomic E-state index is 0.0162. The summed E-state index contributed by atoms with van der Waals surface area (Å²) in [4.78, 5) is 11.7. The molecular formula is C17H31NO3. The van der Waals surface area contributed by atoms with Crippen LogP contribution in [0.15, 0.2) is 0 Å². The van der Waals surface area contributed by atoms with Crippen molar-refractivity contribution in [3.63, 3.8) is 0 Å². The molecule has 2 rings (SSSR count). The summed E-state index contributed by atoms with van der Waals surface area (Å²) in [5.74, 6) is 0.661. The Labute approximate surface area is 128 Å². The molecule has 0 bridgehead atoms. The van der Waals surface area contributed by atoms with Crippen LogP contribution in [0.25, 0.3) is 0 Å². The van der Waals surface area contributed by atoms with Crippen molar-refractivity contribution < 1.29 is 14.6 Å². The fourth-order valence-corrected chi connectivity index (χ4v) is 3.80. The molecule has 2 aliphatic carbocycles. The summed E-state index contributed by atoms with van der Waals surface area (Å²) in [6.45, 7) is 5.18. The number of aliphatic hydroxyl groups is 1. The van der Waals surface area contributed by atoms with Gasteiger partial charge in [-0.05, 0) is 58.3 Å². The van der Waals surface area contributed by atoms with Gasteiger partial charge in [-0.15, -0.1) is 0 Å². The molecule has 0 spiro atoms. The van der Waals surface area contributed by atoms with E-state index in [-0.39, 0.29) is 11.9 Å². The molecule has 0 aliphatic heterocycles. The van der Waals surface area contributed by atoms with Crippen molar-refractivity contribution in [1.29, 1.82) is 0 Å². The zero-order valence-electron chi connectivity index (χ0n) is 13.6. The van der Waals surface area contributed by atoms with Crippen LogP contribution in [0.3, 0.4) is 0 Å². The molecule has 0 heterocycles. The van der Waals surface area contributed by atoms with E-state index in [0.29, 0.717) is 32.0 Å². The van der Waals surface area contributed by atoms with Gasteiger partial charge in [0.2, 0.25) is 0 Å². The molecule has 0 unspecified atom stereocenters. The Morgan fingerprint density at radius 3 is 2.48 bits per heavy atom. The predicted octanol–water partition coefficient (Wildman–Crippen LogP) is 2.64. The van der Waals surface area contributed by atoms with Crippen LogP contribution in [-0.4, -0.2) is 35.9 Å². The molecule has 0 radical (unpaired) electrons. The van der Waals surface area contributed by atoms with Crippen LogP contribution in [0.5, 0.6) is 0 Å². The van der Waals surface area contributed by atoms with Crippen molar-refractivity contribution in [2.75, 3.05) is 13.2 Å². The van der Waals surface area contributed by atoms with Crippen molar-refractivity contribution in [1.82, 2.24) is 5.32 Å². The maximum atomic E-state index is 11.7. The SMILES string of the molecule is CCOC(=O)C1CCC(O)(CN[C@@H](C)C2CCCC2)CC1. The lowest BCUT2D eigenvalue weighted by Gasteiger charge is -2.36. The summed E-state index contributed by atoms with van der Waals surface area (Å²) in [7, 11) is 0. The standard InChI is InChI=1S/C17H31NO3/c1-3-21-16(19)15-8-10-17(20,11-9-15)12-18-13(2)14-6-4-5-7-14/h13-15,18,20H,3-12H2,1-2H3/t13-,15?,17?/m0/s1. The van der Waals surface area contributed by atoms with Crippen LogP contribution in [0.4, 0.5) is 0 Å². The van der Waals surface area contributed by atoms with E-state index in [1.807, 2.05) is 6.92 Å². The van der Waals surface area contributed by atoms with Gasteiger partial charge in [0.25, 0.3) is 0 Å². The van der Waals surface area contributed by atoms with Gasteiger partial charge in [-0.3, -0.25) is 4.79 Å². The molecule has 2 N–H and O–H groups in total. The maximum absolute atomic E-state index is 11.7. The van der Waals surface area contributed by atoms with Gasteiger partial charge in [-0.25, -0.2) is 0 Å². The zero-order chi connectivity index (χ0) is 15.3. The quantitative estimate of drug-likeness (QED) is 0.740. The number of hydrogen-bond donors (Lipinski definition) is 2. The van der Waals surface area contributed by atoms with Gasteiger partial charge in [-0.1, -0.05) is 12.8 Å². The second-order valence-corrected chi connectivity index (χ2v) is 6.96. The van der Waals surface area contributed by atoms with Crippen molar-refractivity contribution in [2.45, 2.75) is 76.9 Å². The molecular weight excluding hydrogens is 266 g/mol. The number of rotatable bonds is 6. The van der Waals surface area contributed by atoms with Gasteiger partial charge in [0.05, 0.1) is 18.1 Å². The van der Waals surface area contributed by atoms with E-state index in [9.17, 15) is 9.90 Å².